The topological polar surface area (TPSA) is 111 Å². The summed E-state index contributed by atoms with van der Waals surface area (Å²) in [5.41, 5.74) is -1.27. The number of aliphatic hydroxyl groups is 2. The minimum Gasteiger partial charge on any atom is -0.394 e. The van der Waals surface area contributed by atoms with Gasteiger partial charge in [0.15, 0.2) is 0 Å². The lowest BCUT2D eigenvalue weighted by Crippen LogP contribution is -2.37. The summed E-state index contributed by atoms with van der Waals surface area (Å²) in [6.45, 7) is 0.962. The van der Waals surface area contributed by atoms with Gasteiger partial charge in [-0.15, -0.1) is 0 Å². The van der Waals surface area contributed by atoms with Crippen LogP contribution in [0.3, 0.4) is 0 Å². The molecule has 7 nitrogen and oxygen atoms in total. The average Bonchev–Trinajstić information content (AvgIpc) is 2.44. The number of hydrogen-bond acceptors (Lipinski definition) is 4. The maximum absolute atomic E-state index is 11.0. The highest BCUT2D eigenvalue weighted by Gasteiger charge is 2.19. The minimum atomic E-state index is -1.13. The molecule has 0 amide bonds. The molecule has 0 radical (unpaired) electrons. The standard InChI is InChI=1S/C6H11N3O4/c1-3(4(11)2-10)9-5(12)7-8-6(9)13/h3-4,10-11H,2H2,1H3,(H,7,12)(H,8,13). The third kappa shape index (κ3) is 1.70. The molecule has 1 heterocycles. The van der Waals surface area contributed by atoms with Gasteiger partial charge in [-0.05, 0) is 6.92 Å². The number of aromatic nitrogens is 3. The molecule has 0 aliphatic carbocycles. The van der Waals surface area contributed by atoms with E-state index in [1.807, 2.05) is 0 Å². The van der Waals surface area contributed by atoms with Gasteiger partial charge in [-0.1, -0.05) is 0 Å². The molecule has 0 spiro atoms. The molecule has 0 fully saturated rings. The van der Waals surface area contributed by atoms with Crippen molar-refractivity contribution in [3.05, 3.63) is 21.0 Å². The van der Waals surface area contributed by atoms with Crippen LogP contribution < -0.4 is 11.4 Å². The number of aliphatic hydroxyl groups excluding tert-OH is 2. The fourth-order valence-electron chi connectivity index (χ4n) is 1.01. The molecule has 0 bridgehead atoms. The zero-order valence-corrected chi connectivity index (χ0v) is 7.02. The fraction of sp³-hybridized carbons (Fsp3) is 0.667. The summed E-state index contributed by atoms with van der Waals surface area (Å²) in [6.07, 6.45) is -1.13. The van der Waals surface area contributed by atoms with Crippen molar-refractivity contribution in [2.75, 3.05) is 6.61 Å². The lowest BCUT2D eigenvalue weighted by molar-refractivity contribution is 0.0554. The maximum Gasteiger partial charge on any atom is 0.344 e. The molecule has 13 heavy (non-hydrogen) atoms. The summed E-state index contributed by atoms with van der Waals surface area (Å²) in [4.78, 5) is 22.0. The van der Waals surface area contributed by atoms with Crippen molar-refractivity contribution in [1.82, 2.24) is 14.8 Å². The second kappa shape index (κ2) is 3.58. The number of hydrogen-bond donors (Lipinski definition) is 4. The van der Waals surface area contributed by atoms with Gasteiger partial charge in [0.25, 0.3) is 0 Å². The van der Waals surface area contributed by atoms with Crippen LogP contribution in [-0.2, 0) is 0 Å². The quantitative estimate of drug-likeness (QED) is 0.431. The predicted molar refractivity (Wildman–Crippen MR) is 43.5 cm³/mol. The van der Waals surface area contributed by atoms with Crippen molar-refractivity contribution in [3.63, 3.8) is 0 Å². The number of rotatable bonds is 3. The molecule has 1 rings (SSSR count). The van der Waals surface area contributed by atoms with E-state index in [9.17, 15) is 14.7 Å². The van der Waals surface area contributed by atoms with Gasteiger partial charge in [-0.25, -0.2) is 24.4 Å². The van der Waals surface area contributed by atoms with Crippen molar-refractivity contribution in [1.29, 1.82) is 0 Å². The summed E-state index contributed by atoms with van der Waals surface area (Å²) in [5.74, 6) is 0. The molecular weight excluding hydrogens is 178 g/mol. The number of nitrogens with one attached hydrogen (secondary N) is 2. The van der Waals surface area contributed by atoms with E-state index in [1.54, 1.807) is 0 Å². The Balaban J connectivity index is 3.08. The summed E-state index contributed by atoms with van der Waals surface area (Å²) in [6, 6.07) is -0.757. The molecule has 74 valence electrons. The van der Waals surface area contributed by atoms with E-state index in [0.29, 0.717) is 0 Å². The Morgan fingerprint density at radius 2 is 1.85 bits per heavy atom. The maximum atomic E-state index is 11.0. The van der Waals surface area contributed by atoms with Crippen LogP contribution in [0.15, 0.2) is 9.59 Å². The largest absolute Gasteiger partial charge is 0.394 e. The van der Waals surface area contributed by atoms with Crippen molar-refractivity contribution in [2.24, 2.45) is 0 Å². The van der Waals surface area contributed by atoms with Crippen LogP contribution in [-0.4, -0.2) is 37.7 Å². The predicted octanol–water partition coefficient (Wildman–Crippen LogP) is -2.22. The van der Waals surface area contributed by atoms with Crippen molar-refractivity contribution in [3.8, 4) is 0 Å². The van der Waals surface area contributed by atoms with Crippen LogP contribution in [0.2, 0.25) is 0 Å². The van der Waals surface area contributed by atoms with Crippen molar-refractivity contribution >= 4 is 0 Å². The minimum absolute atomic E-state index is 0.502. The molecule has 0 aliphatic heterocycles. The number of aromatic amines is 2. The Morgan fingerprint density at radius 3 is 2.23 bits per heavy atom. The van der Waals surface area contributed by atoms with Crippen LogP contribution in [0.25, 0.3) is 0 Å². The lowest BCUT2D eigenvalue weighted by Gasteiger charge is -2.15. The second-order valence-corrected chi connectivity index (χ2v) is 2.72. The van der Waals surface area contributed by atoms with E-state index >= 15 is 0 Å². The molecule has 7 heteroatoms. The first kappa shape index (κ1) is 9.75. The molecule has 1 aromatic heterocycles. The Bertz CT molecular complexity index is 348. The molecule has 2 atom stereocenters. The van der Waals surface area contributed by atoms with Crippen LogP contribution in [0.5, 0.6) is 0 Å². The monoisotopic (exact) mass is 189 g/mol. The molecule has 0 aromatic carbocycles. The molecule has 2 unspecified atom stereocenters. The zero-order chi connectivity index (χ0) is 10.0. The highest BCUT2D eigenvalue weighted by molar-refractivity contribution is 4.76. The van der Waals surface area contributed by atoms with E-state index in [-0.39, 0.29) is 0 Å². The third-order valence-electron chi connectivity index (χ3n) is 1.87. The molecular formula is C6H11N3O4. The zero-order valence-electron chi connectivity index (χ0n) is 7.02. The van der Waals surface area contributed by atoms with E-state index in [2.05, 4.69) is 10.2 Å². The Hall–Kier alpha value is -1.34. The van der Waals surface area contributed by atoms with E-state index < -0.39 is 30.1 Å². The average molecular weight is 189 g/mol. The molecule has 0 aliphatic rings. The van der Waals surface area contributed by atoms with E-state index in [1.165, 1.54) is 6.92 Å². The summed E-state index contributed by atoms with van der Waals surface area (Å²) >= 11 is 0. The molecule has 0 saturated carbocycles. The normalized spacial score (nSPS) is 15.6. The third-order valence-corrected chi connectivity index (χ3v) is 1.87. The van der Waals surface area contributed by atoms with Crippen molar-refractivity contribution in [2.45, 2.75) is 19.1 Å². The van der Waals surface area contributed by atoms with Gasteiger partial charge in [0.05, 0.1) is 18.8 Å². The van der Waals surface area contributed by atoms with Crippen LogP contribution in [0.1, 0.15) is 13.0 Å². The first-order valence-electron chi connectivity index (χ1n) is 3.76. The summed E-state index contributed by atoms with van der Waals surface area (Å²) in [7, 11) is 0. The van der Waals surface area contributed by atoms with Gasteiger partial charge >= 0.3 is 11.4 Å². The van der Waals surface area contributed by atoms with Gasteiger partial charge in [-0.2, -0.15) is 0 Å². The Labute approximate surface area is 72.6 Å². The molecule has 0 saturated heterocycles. The number of H-pyrrole nitrogens is 2. The number of nitrogens with zero attached hydrogens (tertiary/aromatic N) is 1. The van der Waals surface area contributed by atoms with Crippen LogP contribution in [0, 0.1) is 0 Å². The summed E-state index contributed by atoms with van der Waals surface area (Å²) < 4.78 is 0.806. The fourth-order valence-corrected chi connectivity index (χ4v) is 1.01. The van der Waals surface area contributed by atoms with E-state index in [0.717, 1.165) is 4.57 Å². The first-order chi connectivity index (χ1) is 6.07. The SMILES string of the molecule is CC(C(O)CO)n1c(=O)[nH][nH]c1=O. The first-order valence-corrected chi connectivity index (χ1v) is 3.76. The lowest BCUT2D eigenvalue weighted by atomic mass is 10.2. The summed E-state index contributed by atoms with van der Waals surface area (Å²) in [5, 5.41) is 21.9. The van der Waals surface area contributed by atoms with Crippen molar-refractivity contribution < 1.29 is 10.2 Å². The smallest absolute Gasteiger partial charge is 0.344 e. The van der Waals surface area contributed by atoms with E-state index in [4.69, 9.17) is 5.11 Å². The highest BCUT2D eigenvalue weighted by atomic mass is 16.3. The Morgan fingerprint density at radius 1 is 1.38 bits per heavy atom. The highest BCUT2D eigenvalue weighted by Crippen LogP contribution is 2.03. The molecule has 1 aromatic rings. The van der Waals surface area contributed by atoms with Gasteiger partial charge in [-0.3, -0.25) is 0 Å². The molecule has 4 N–H and O–H groups in total. The van der Waals surface area contributed by atoms with Gasteiger partial charge in [0.1, 0.15) is 0 Å². The van der Waals surface area contributed by atoms with Crippen LogP contribution >= 0.6 is 0 Å². The van der Waals surface area contributed by atoms with Gasteiger partial charge in [0.2, 0.25) is 0 Å². The Kier molecular flexibility index (Phi) is 2.69. The van der Waals surface area contributed by atoms with Gasteiger partial charge in [0, 0.05) is 0 Å². The second-order valence-electron chi connectivity index (χ2n) is 2.72. The van der Waals surface area contributed by atoms with Gasteiger partial charge < -0.3 is 10.2 Å². The van der Waals surface area contributed by atoms with Crippen LogP contribution in [0.4, 0.5) is 0 Å².